The van der Waals surface area contributed by atoms with Crippen molar-refractivity contribution in [1.29, 1.82) is 0 Å². The number of nitrogens with zero attached hydrogens (tertiary/aromatic N) is 2. The smallest absolute Gasteiger partial charge is 0.246 e. The Kier molecular flexibility index (Phi) is 3.73. The molecule has 6 heteroatoms. The van der Waals surface area contributed by atoms with E-state index < -0.39 is 0 Å². The molecule has 0 saturated carbocycles. The van der Waals surface area contributed by atoms with Crippen LogP contribution in [-0.2, 0) is 11.3 Å². The molecule has 6 nitrogen and oxygen atoms in total. The number of carbonyl (C=O) groups excluding carboxylic acids is 1. The molecule has 2 atom stereocenters. The van der Waals surface area contributed by atoms with Crippen LogP contribution in [0, 0.1) is 12.8 Å². The molecule has 1 aliphatic rings. The average molecular weight is 238 g/mol. The molecule has 2 N–H and O–H groups in total. The lowest BCUT2D eigenvalue weighted by Gasteiger charge is -2.28. The molecular weight excluding hydrogens is 220 g/mol. The van der Waals surface area contributed by atoms with Crippen molar-refractivity contribution in [2.24, 2.45) is 5.92 Å². The first kappa shape index (κ1) is 12.0. The Labute approximate surface area is 100 Å². The number of rotatable bonds is 3. The van der Waals surface area contributed by atoms with Gasteiger partial charge in [-0.05, 0) is 32.2 Å². The third kappa shape index (κ3) is 3.03. The maximum atomic E-state index is 11.9. The van der Waals surface area contributed by atoms with E-state index in [2.05, 4.69) is 27.7 Å². The van der Waals surface area contributed by atoms with E-state index in [0.29, 0.717) is 24.2 Å². The number of carbonyl (C=O) groups is 1. The summed E-state index contributed by atoms with van der Waals surface area (Å²) in [4.78, 5) is 16.0. The van der Waals surface area contributed by atoms with E-state index >= 15 is 0 Å². The Bertz CT molecular complexity index is 391. The maximum absolute atomic E-state index is 11.9. The SMILES string of the molecule is Cc1noc(CNC(=O)C2NCCCC2C)n1. The molecule has 17 heavy (non-hydrogen) atoms. The summed E-state index contributed by atoms with van der Waals surface area (Å²) in [6.45, 7) is 5.04. The third-order valence-electron chi connectivity index (χ3n) is 3.04. The molecule has 0 spiro atoms. The van der Waals surface area contributed by atoms with Crippen LogP contribution in [0.1, 0.15) is 31.5 Å². The Morgan fingerprint density at radius 3 is 3.12 bits per heavy atom. The molecule has 94 valence electrons. The van der Waals surface area contributed by atoms with Crippen LogP contribution in [0.25, 0.3) is 0 Å². The molecule has 0 bridgehead atoms. The standard InChI is InChI=1S/C11H18N4O2/c1-7-4-3-5-12-10(7)11(16)13-6-9-14-8(2)15-17-9/h7,10,12H,3-6H2,1-2H3,(H,13,16). The highest BCUT2D eigenvalue weighted by molar-refractivity contribution is 5.82. The number of aromatic nitrogens is 2. The molecule has 1 aromatic heterocycles. The zero-order chi connectivity index (χ0) is 12.3. The van der Waals surface area contributed by atoms with Crippen LogP contribution in [0.15, 0.2) is 4.52 Å². The van der Waals surface area contributed by atoms with E-state index in [1.807, 2.05) is 0 Å². The lowest BCUT2D eigenvalue weighted by Crippen LogP contribution is -2.50. The highest BCUT2D eigenvalue weighted by Crippen LogP contribution is 2.15. The number of amides is 1. The van der Waals surface area contributed by atoms with Crippen molar-refractivity contribution in [2.75, 3.05) is 6.54 Å². The van der Waals surface area contributed by atoms with Crippen molar-refractivity contribution >= 4 is 5.91 Å². The lowest BCUT2D eigenvalue weighted by atomic mass is 9.92. The number of aryl methyl sites for hydroxylation is 1. The van der Waals surface area contributed by atoms with Gasteiger partial charge in [-0.1, -0.05) is 12.1 Å². The number of piperidine rings is 1. The second-order valence-electron chi connectivity index (χ2n) is 4.50. The topological polar surface area (TPSA) is 80.0 Å². The van der Waals surface area contributed by atoms with Crippen molar-refractivity contribution in [2.45, 2.75) is 39.3 Å². The minimum absolute atomic E-state index is 0.00746. The van der Waals surface area contributed by atoms with E-state index in [9.17, 15) is 4.79 Å². The van der Waals surface area contributed by atoms with Crippen LogP contribution >= 0.6 is 0 Å². The highest BCUT2D eigenvalue weighted by Gasteiger charge is 2.27. The molecule has 0 aliphatic carbocycles. The fourth-order valence-electron chi connectivity index (χ4n) is 2.09. The van der Waals surface area contributed by atoms with E-state index in [1.54, 1.807) is 6.92 Å². The summed E-state index contributed by atoms with van der Waals surface area (Å²) in [6, 6.07) is -0.104. The monoisotopic (exact) mass is 238 g/mol. The summed E-state index contributed by atoms with van der Waals surface area (Å²) in [5.41, 5.74) is 0. The predicted octanol–water partition coefficient (Wildman–Crippen LogP) is 0.382. The molecule has 2 rings (SSSR count). The van der Waals surface area contributed by atoms with Crippen molar-refractivity contribution in [3.63, 3.8) is 0 Å². The summed E-state index contributed by atoms with van der Waals surface area (Å²) < 4.78 is 4.93. The van der Waals surface area contributed by atoms with Crippen molar-refractivity contribution in [3.8, 4) is 0 Å². The molecule has 1 aromatic rings. The van der Waals surface area contributed by atoms with Gasteiger partial charge in [-0.2, -0.15) is 4.98 Å². The zero-order valence-corrected chi connectivity index (χ0v) is 10.2. The van der Waals surface area contributed by atoms with Crippen molar-refractivity contribution in [3.05, 3.63) is 11.7 Å². The molecule has 1 amide bonds. The number of nitrogens with one attached hydrogen (secondary N) is 2. The van der Waals surface area contributed by atoms with Gasteiger partial charge in [0.2, 0.25) is 11.8 Å². The van der Waals surface area contributed by atoms with Crippen LogP contribution < -0.4 is 10.6 Å². The lowest BCUT2D eigenvalue weighted by molar-refractivity contribution is -0.125. The van der Waals surface area contributed by atoms with E-state index in [4.69, 9.17) is 4.52 Å². The number of hydrogen-bond donors (Lipinski definition) is 2. The van der Waals surface area contributed by atoms with Gasteiger partial charge in [-0.15, -0.1) is 0 Å². The quantitative estimate of drug-likeness (QED) is 0.796. The van der Waals surface area contributed by atoms with Crippen LogP contribution in [0.5, 0.6) is 0 Å². The largest absolute Gasteiger partial charge is 0.346 e. The minimum Gasteiger partial charge on any atom is -0.346 e. The summed E-state index contributed by atoms with van der Waals surface area (Å²) in [7, 11) is 0. The molecular formula is C11H18N4O2. The van der Waals surface area contributed by atoms with Gasteiger partial charge in [-0.25, -0.2) is 0 Å². The zero-order valence-electron chi connectivity index (χ0n) is 10.2. The van der Waals surface area contributed by atoms with E-state index in [-0.39, 0.29) is 11.9 Å². The van der Waals surface area contributed by atoms with Gasteiger partial charge in [0, 0.05) is 0 Å². The van der Waals surface area contributed by atoms with Crippen LogP contribution in [-0.4, -0.2) is 28.6 Å². The van der Waals surface area contributed by atoms with Gasteiger partial charge >= 0.3 is 0 Å². The molecule has 2 heterocycles. The Hall–Kier alpha value is -1.43. The van der Waals surface area contributed by atoms with Crippen LogP contribution in [0.2, 0.25) is 0 Å². The van der Waals surface area contributed by atoms with E-state index in [0.717, 1.165) is 19.4 Å². The Morgan fingerprint density at radius 2 is 2.47 bits per heavy atom. The average Bonchev–Trinajstić information content (AvgIpc) is 2.73. The van der Waals surface area contributed by atoms with Gasteiger partial charge in [-0.3, -0.25) is 4.79 Å². The maximum Gasteiger partial charge on any atom is 0.246 e. The van der Waals surface area contributed by atoms with Crippen molar-refractivity contribution in [1.82, 2.24) is 20.8 Å². The minimum atomic E-state index is -0.104. The van der Waals surface area contributed by atoms with Gasteiger partial charge in [0.15, 0.2) is 5.82 Å². The summed E-state index contributed by atoms with van der Waals surface area (Å²) in [6.07, 6.45) is 2.22. The van der Waals surface area contributed by atoms with Gasteiger partial charge in [0.1, 0.15) is 0 Å². The molecule has 1 fully saturated rings. The highest BCUT2D eigenvalue weighted by atomic mass is 16.5. The Morgan fingerprint density at radius 1 is 1.65 bits per heavy atom. The normalized spacial score (nSPS) is 24.6. The molecule has 0 aromatic carbocycles. The van der Waals surface area contributed by atoms with E-state index in [1.165, 1.54) is 0 Å². The third-order valence-corrected chi connectivity index (χ3v) is 3.04. The fraction of sp³-hybridized carbons (Fsp3) is 0.727. The second-order valence-corrected chi connectivity index (χ2v) is 4.50. The summed E-state index contributed by atoms with van der Waals surface area (Å²) in [5, 5.41) is 9.72. The summed E-state index contributed by atoms with van der Waals surface area (Å²) in [5.74, 6) is 1.40. The predicted molar refractivity (Wildman–Crippen MR) is 61.1 cm³/mol. The number of hydrogen-bond acceptors (Lipinski definition) is 5. The van der Waals surface area contributed by atoms with Gasteiger partial charge in [0.05, 0.1) is 12.6 Å². The van der Waals surface area contributed by atoms with Crippen molar-refractivity contribution < 1.29 is 9.32 Å². The van der Waals surface area contributed by atoms with Crippen LogP contribution in [0.4, 0.5) is 0 Å². The Balaban J connectivity index is 1.84. The summed E-state index contributed by atoms with van der Waals surface area (Å²) >= 11 is 0. The first-order valence-electron chi connectivity index (χ1n) is 5.97. The first-order chi connectivity index (χ1) is 8.16. The van der Waals surface area contributed by atoms with Crippen LogP contribution in [0.3, 0.4) is 0 Å². The molecule has 0 radical (unpaired) electrons. The fourth-order valence-corrected chi connectivity index (χ4v) is 2.09. The van der Waals surface area contributed by atoms with Gasteiger partial charge in [0.25, 0.3) is 0 Å². The molecule has 2 unspecified atom stereocenters. The first-order valence-corrected chi connectivity index (χ1v) is 5.97. The molecule has 1 aliphatic heterocycles. The second kappa shape index (κ2) is 5.27. The van der Waals surface area contributed by atoms with Gasteiger partial charge < -0.3 is 15.2 Å². The molecule has 1 saturated heterocycles.